The number of nitrogens with zero attached hydrogens (tertiary/aromatic N) is 1. The number of aromatic nitrogens is 1. The topological polar surface area (TPSA) is 42.0 Å². The van der Waals surface area contributed by atoms with Gasteiger partial charge in [-0.15, -0.1) is 0 Å². The zero-order valence-electron chi connectivity index (χ0n) is 9.98. The van der Waals surface area contributed by atoms with E-state index < -0.39 is 0 Å². The highest BCUT2D eigenvalue weighted by Gasteiger charge is 2.06. The second-order valence-electron chi connectivity index (χ2n) is 4.00. The van der Waals surface area contributed by atoms with Crippen LogP contribution in [0, 0.1) is 12.7 Å². The number of aryl methyl sites for hydroxylation is 1. The molecule has 1 amide bonds. The summed E-state index contributed by atoms with van der Waals surface area (Å²) in [5.41, 5.74) is 2.21. The van der Waals surface area contributed by atoms with E-state index in [-0.39, 0.29) is 11.7 Å². The molecule has 0 aliphatic rings. The van der Waals surface area contributed by atoms with Gasteiger partial charge in [0.2, 0.25) is 0 Å². The molecule has 0 radical (unpaired) electrons. The molecule has 3 nitrogen and oxygen atoms in total. The molecule has 1 heterocycles. The third-order valence-corrected chi connectivity index (χ3v) is 2.67. The lowest BCUT2D eigenvalue weighted by molar-refractivity contribution is 0.0950. The molecule has 0 saturated carbocycles. The summed E-state index contributed by atoms with van der Waals surface area (Å²) in [6, 6.07) is 7.91. The Labute approximate surface area is 105 Å². The summed E-state index contributed by atoms with van der Waals surface area (Å²) in [6.07, 6.45) is 3.10. The van der Waals surface area contributed by atoms with Crippen LogP contribution < -0.4 is 5.32 Å². The van der Waals surface area contributed by atoms with Crippen molar-refractivity contribution < 1.29 is 9.18 Å². The Morgan fingerprint density at radius 3 is 2.94 bits per heavy atom. The van der Waals surface area contributed by atoms with E-state index in [0.717, 1.165) is 11.1 Å². The van der Waals surface area contributed by atoms with Crippen LogP contribution in [0.5, 0.6) is 0 Å². The molecule has 0 unspecified atom stereocenters. The second-order valence-corrected chi connectivity index (χ2v) is 4.00. The third kappa shape index (κ3) is 2.91. The molecule has 1 aromatic carbocycles. The number of benzene rings is 1. The van der Waals surface area contributed by atoms with Crippen molar-refractivity contribution in [2.75, 3.05) is 0 Å². The Kier molecular flexibility index (Phi) is 3.67. The Hall–Kier alpha value is -2.23. The molecule has 4 heteroatoms. The maximum Gasteiger partial charge on any atom is 0.253 e. The number of pyridine rings is 1. The van der Waals surface area contributed by atoms with Crippen molar-refractivity contribution in [3.8, 4) is 0 Å². The first kappa shape index (κ1) is 12.2. The second kappa shape index (κ2) is 5.40. The van der Waals surface area contributed by atoms with Crippen molar-refractivity contribution >= 4 is 5.91 Å². The van der Waals surface area contributed by atoms with Crippen LogP contribution in [0.2, 0.25) is 0 Å². The number of carbonyl (C=O) groups is 1. The van der Waals surface area contributed by atoms with Crippen LogP contribution in [-0.4, -0.2) is 10.9 Å². The average molecular weight is 244 g/mol. The molecule has 18 heavy (non-hydrogen) atoms. The number of rotatable bonds is 3. The van der Waals surface area contributed by atoms with E-state index in [9.17, 15) is 9.18 Å². The maximum absolute atomic E-state index is 13.1. The van der Waals surface area contributed by atoms with Gasteiger partial charge >= 0.3 is 0 Å². The van der Waals surface area contributed by atoms with Gasteiger partial charge in [-0.25, -0.2) is 4.39 Å². The van der Waals surface area contributed by atoms with Crippen LogP contribution >= 0.6 is 0 Å². The normalized spacial score (nSPS) is 10.1. The first-order chi connectivity index (χ1) is 8.66. The van der Waals surface area contributed by atoms with Gasteiger partial charge in [0.25, 0.3) is 5.91 Å². The van der Waals surface area contributed by atoms with E-state index in [4.69, 9.17) is 0 Å². The van der Waals surface area contributed by atoms with Crippen molar-refractivity contribution in [1.29, 1.82) is 0 Å². The molecule has 1 aromatic heterocycles. The zero-order chi connectivity index (χ0) is 13.0. The fourth-order valence-corrected chi connectivity index (χ4v) is 1.61. The van der Waals surface area contributed by atoms with Crippen molar-refractivity contribution in [2.24, 2.45) is 0 Å². The zero-order valence-corrected chi connectivity index (χ0v) is 9.98. The standard InChI is InChI=1S/C14H13FN2O/c1-10-4-5-13(15)7-12(10)9-17-14(18)11-3-2-6-16-8-11/h2-8H,9H2,1H3,(H,17,18). The summed E-state index contributed by atoms with van der Waals surface area (Å²) in [6.45, 7) is 2.18. The highest BCUT2D eigenvalue weighted by atomic mass is 19.1. The lowest BCUT2D eigenvalue weighted by Crippen LogP contribution is -2.23. The monoisotopic (exact) mass is 244 g/mol. The largest absolute Gasteiger partial charge is 0.348 e. The lowest BCUT2D eigenvalue weighted by atomic mass is 10.1. The summed E-state index contributed by atoms with van der Waals surface area (Å²) in [4.78, 5) is 15.6. The first-order valence-electron chi connectivity index (χ1n) is 5.60. The number of halogens is 1. The van der Waals surface area contributed by atoms with Crippen LogP contribution in [0.3, 0.4) is 0 Å². The van der Waals surface area contributed by atoms with Crippen molar-refractivity contribution in [3.05, 3.63) is 65.2 Å². The highest BCUT2D eigenvalue weighted by molar-refractivity contribution is 5.93. The average Bonchev–Trinajstić information content (AvgIpc) is 2.40. The summed E-state index contributed by atoms with van der Waals surface area (Å²) in [5, 5.41) is 2.74. The predicted molar refractivity (Wildman–Crippen MR) is 66.5 cm³/mol. The van der Waals surface area contributed by atoms with Gasteiger partial charge in [0.05, 0.1) is 5.56 Å². The lowest BCUT2D eigenvalue weighted by Gasteiger charge is -2.08. The van der Waals surface area contributed by atoms with E-state index in [1.165, 1.54) is 18.3 Å². The molecule has 0 bridgehead atoms. The van der Waals surface area contributed by atoms with E-state index in [0.29, 0.717) is 12.1 Å². The minimum atomic E-state index is -0.300. The number of hydrogen-bond donors (Lipinski definition) is 1. The Morgan fingerprint density at radius 2 is 2.22 bits per heavy atom. The van der Waals surface area contributed by atoms with E-state index in [1.54, 1.807) is 24.4 Å². The molecule has 2 aromatic rings. The smallest absolute Gasteiger partial charge is 0.253 e. The van der Waals surface area contributed by atoms with E-state index >= 15 is 0 Å². The van der Waals surface area contributed by atoms with Crippen LogP contribution in [0.25, 0.3) is 0 Å². The van der Waals surface area contributed by atoms with Crippen molar-refractivity contribution in [1.82, 2.24) is 10.3 Å². The number of amides is 1. The van der Waals surface area contributed by atoms with Crippen LogP contribution in [0.15, 0.2) is 42.7 Å². The van der Waals surface area contributed by atoms with Gasteiger partial charge in [-0.3, -0.25) is 9.78 Å². The van der Waals surface area contributed by atoms with Crippen LogP contribution in [0.1, 0.15) is 21.5 Å². The van der Waals surface area contributed by atoms with Gasteiger partial charge < -0.3 is 5.32 Å². The summed E-state index contributed by atoms with van der Waals surface area (Å²) in [7, 11) is 0. The van der Waals surface area contributed by atoms with Gasteiger partial charge in [0.1, 0.15) is 5.82 Å². The van der Waals surface area contributed by atoms with Gasteiger partial charge in [0.15, 0.2) is 0 Å². The Balaban J connectivity index is 2.04. The van der Waals surface area contributed by atoms with E-state index in [2.05, 4.69) is 10.3 Å². The molecular formula is C14H13FN2O. The van der Waals surface area contributed by atoms with Gasteiger partial charge in [-0.1, -0.05) is 6.07 Å². The fraction of sp³-hybridized carbons (Fsp3) is 0.143. The molecule has 0 spiro atoms. The Morgan fingerprint density at radius 1 is 1.39 bits per heavy atom. The van der Waals surface area contributed by atoms with Gasteiger partial charge in [-0.2, -0.15) is 0 Å². The molecule has 0 aliphatic carbocycles. The number of nitrogens with one attached hydrogen (secondary N) is 1. The summed E-state index contributed by atoms with van der Waals surface area (Å²) in [5.74, 6) is -0.516. The minimum Gasteiger partial charge on any atom is -0.348 e. The number of carbonyl (C=O) groups excluding carboxylic acids is 1. The molecule has 0 saturated heterocycles. The van der Waals surface area contributed by atoms with Crippen LogP contribution in [0.4, 0.5) is 4.39 Å². The molecular weight excluding hydrogens is 231 g/mol. The molecule has 0 atom stereocenters. The maximum atomic E-state index is 13.1. The minimum absolute atomic E-state index is 0.216. The predicted octanol–water partition coefficient (Wildman–Crippen LogP) is 2.46. The molecule has 0 fully saturated rings. The highest BCUT2D eigenvalue weighted by Crippen LogP contribution is 2.10. The van der Waals surface area contributed by atoms with Crippen molar-refractivity contribution in [2.45, 2.75) is 13.5 Å². The summed E-state index contributed by atoms with van der Waals surface area (Å²) >= 11 is 0. The number of hydrogen-bond acceptors (Lipinski definition) is 2. The van der Waals surface area contributed by atoms with Gasteiger partial charge in [0, 0.05) is 18.9 Å². The van der Waals surface area contributed by atoms with E-state index in [1.807, 2.05) is 6.92 Å². The van der Waals surface area contributed by atoms with Gasteiger partial charge in [-0.05, 0) is 42.3 Å². The quantitative estimate of drug-likeness (QED) is 0.901. The fourth-order valence-electron chi connectivity index (χ4n) is 1.61. The van der Waals surface area contributed by atoms with Crippen LogP contribution in [-0.2, 0) is 6.54 Å². The Bertz CT molecular complexity index is 555. The SMILES string of the molecule is Cc1ccc(F)cc1CNC(=O)c1cccnc1. The molecule has 2 rings (SSSR count). The van der Waals surface area contributed by atoms with Crippen molar-refractivity contribution in [3.63, 3.8) is 0 Å². The third-order valence-electron chi connectivity index (χ3n) is 2.67. The molecule has 1 N–H and O–H groups in total. The molecule has 92 valence electrons. The molecule has 0 aliphatic heterocycles. The first-order valence-corrected chi connectivity index (χ1v) is 5.60. The summed E-state index contributed by atoms with van der Waals surface area (Å²) < 4.78 is 13.1.